The summed E-state index contributed by atoms with van der Waals surface area (Å²) in [5, 5.41) is 1.93. The van der Waals surface area contributed by atoms with Gasteiger partial charge in [0.2, 0.25) is 0 Å². The second-order valence-corrected chi connectivity index (χ2v) is 22.0. The molecule has 0 saturated carbocycles. The van der Waals surface area contributed by atoms with E-state index in [9.17, 15) is 0 Å². The molecular weight excluding hydrogens is 1070 g/mol. The molecule has 0 saturated heterocycles. The summed E-state index contributed by atoms with van der Waals surface area (Å²) < 4.78 is 51.1. The Bertz CT molecular complexity index is 3920. The molecule has 2 aromatic heterocycles. The van der Waals surface area contributed by atoms with Crippen molar-refractivity contribution in [3.63, 3.8) is 0 Å². The minimum absolute atomic E-state index is 0. The second-order valence-electron chi connectivity index (χ2n) is 22.0. The summed E-state index contributed by atoms with van der Waals surface area (Å²) in [5.41, 5.74) is 14.9. The molecule has 6 heteroatoms. The summed E-state index contributed by atoms with van der Waals surface area (Å²) in [6.07, 6.45) is 1.60. The van der Waals surface area contributed by atoms with Crippen LogP contribution in [0.3, 0.4) is 0 Å². The number of rotatable bonds is 8. The van der Waals surface area contributed by atoms with Crippen LogP contribution in [0.1, 0.15) is 91.4 Å². The van der Waals surface area contributed by atoms with Crippen molar-refractivity contribution >= 4 is 44.6 Å². The number of aromatic nitrogens is 2. The van der Waals surface area contributed by atoms with Gasteiger partial charge in [0.1, 0.15) is 5.82 Å². The first-order valence-electron chi connectivity index (χ1n) is 27.2. The molecule has 3 heterocycles. The summed E-state index contributed by atoms with van der Waals surface area (Å²) in [7, 11) is 0. The third-order valence-electron chi connectivity index (χ3n) is 13.8. The summed E-state index contributed by atoms with van der Waals surface area (Å²) in [4.78, 5) is 9.44. The molecule has 368 valence electrons. The largest absolute Gasteiger partial charge is 0.509 e. The number of nitrogens with zero attached hydrogens (tertiary/aromatic N) is 4. The third kappa shape index (κ3) is 9.64. The minimum atomic E-state index is -0.435. The van der Waals surface area contributed by atoms with Crippen molar-refractivity contribution in [1.29, 1.82) is 0 Å². The van der Waals surface area contributed by atoms with Crippen molar-refractivity contribution in [3.05, 3.63) is 223 Å². The van der Waals surface area contributed by atoms with Gasteiger partial charge in [-0.1, -0.05) is 177 Å². The molecule has 73 heavy (non-hydrogen) atoms. The Morgan fingerprint density at radius 2 is 1.19 bits per heavy atom. The zero-order valence-electron chi connectivity index (χ0n) is 48.0. The Labute approximate surface area is 453 Å². The Kier molecular flexibility index (Phi) is 11.3. The van der Waals surface area contributed by atoms with E-state index in [1.54, 1.807) is 6.20 Å². The van der Waals surface area contributed by atoms with Gasteiger partial charge >= 0.3 is 0 Å². The van der Waals surface area contributed by atoms with E-state index in [4.69, 9.17) is 16.6 Å². The first kappa shape index (κ1) is 43.4. The first-order valence-corrected chi connectivity index (χ1v) is 24.7. The summed E-state index contributed by atoms with van der Waals surface area (Å²) in [5.74, 6) is 1.57. The van der Waals surface area contributed by atoms with Crippen LogP contribution in [0.2, 0.25) is 0 Å². The Morgan fingerprint density at radius 3 is 1.90 bits per heavy atom. The number of benzene rings is 8. The summed E-state index contributed by atoms with van der Waals surface area (Å²) in [6.45, 7) is 24.4. The molecule has 1 aliphatic heterocycles. The predicted octanol–water partition coefficient (Wildman–Crippen LogP) is 18.2. The van der Waals surface area contributed by atoms with E-state index in [1.807, 2.05) is 54.0 Å². The average molecular weight is 1140 g/mol. The fourth-order valence-corrected chi connectivity index (χ4v) is 9.62. The van der Waals surface area contributed by atoms with Gasteiger partial charge in [0.25, 0.3) is 0 Å². The monoisotopic (exact) mass is 1140 g/mol. The first-order chi connectivity index (χ1) is 36.5. The van der Waals surface area contributed by atoms with E-state index < -0.39 is 6.04 Å². The quantitative estimate of drug-likeness (QED) is 0.142. The van der Waals surface area contributed by atoms with Crippen molar-refractivity contribution in [2.75, 3.05) is 9.80 Å². The smallest absolute Gasteiger partial charge is 0.135 e. The molecule has 0 amide bonds. The maximum absolute atomic E-state index is 8.71. The molecule has 1 aliphatic rings. The molecule has 0 unspecified atom stereocenters. The molecule has 0 aliphatic carbocycles. The second kappa shape index (κ2) is 19.0. The molecule has 0 atom stereocenters. The Hall–Kier alpha value is -7.20. The molecule has 0 radical (unpaired) electrons. The fraction of sp³-hybridized carbons (Fsp3) is 0.194. The number of anilines is 4. The van der Waals surface area contributed by atoms with Crippen LogP contribution in [0.25, 0.3) is 61.0 Å². The van der Waals surface area contributed by atoms with E-state index in [0.717, 1.165) is 66.8 Å². The molecule has 0 fully saturated rings. The van der Waals surface area contributed by atoms with Crippen LogP contribution in [-0.4, -0.2) is 9.55 Å². The molecule has 0 N–H and O–H groups in total. The van der Waals surface area contributed by atoms with Gasteiger partial charge in [-0.2, -0.15) is 12.1 Å². The van der Waals surface area contributed by atoms with Gasteiger partial charge < -0.3 is 19.1 Å². The van der Waals surface area contributed by atoms with Gasteiger partial charge in [-0.15, -0.1) is 48.1 Å². The van der Waals surface area contributed by atoms with Crippen molar-refractivity contribution in [2.24, 2.45) is 0 Å². The molecule has 8 aromatic carbocycles. The van der Waals surface area contributed by atoms with E-state index in [1.165, 1.54) is 16.7 Å². The SMILES string of the molecule is [2H]c1c([2H])c([2H])c(-c2cnc(-n3c4[c-]c(Oc5[c-]c(N6[CH-]N(c7cc(C(C)(C)C)cc(C(C)(C)C)c7)c7ccc(-c8cccc(C(C)(C)C)c8)cc76)ccc5)ccc4c4cc(-c5ccccc5)ccc43)cc2C)c([2H])c1[2H].[Pt]. The molecular formula is C67H61N4OPt-3. The summed E-state index contributed by atoms with van der Waals surface area (Å²) >= 11 is 0. The van der Waals surface area contributed by atoms with Crippen LogP contribution < -0.4 is 14.5 Å². The van der Waals surface area contributed by atoms with Crippen molar-refractivity contribution in [2.45, 2.75) is 85.5 Å². The standard InChI is InChI=1S/C67H61N4O.Pt/c1-44-33-64(68-42-59(44)46-21-15-12-16-22-46)71-60-31-27-48(45-19-13-11-14-20-45)35-58(60)57-30-29-56(41-62(57)71)72-55-26-18-25-53(40-55)69-43-70(54-38-51(66(5,6)7)37-52(39-54)67(8,9)10)61-32-28-49(36-63(61)69)47-23-17-24-50(34-47)65(2,3)4;/h11-39,42-43H,1-10H3;/q-3;/i12D,15D,16D,21D,22D;. The third-order valence-corrected chi connectivity index (χ3v) is 13.8. The number of pyridine rings is 1. The maximum atomic E-state index is 8.71. The zero-order chi connectivity index (χ0) is 54.5. The van der Waals surface area contributed by atoms with E-state index in [-0.39, 0.29) is 67.0 Å². The number of hydrogen-bond acceptors (Lipinski definition) is 4. The van der Waals surface area contributed by atoms with Crippen LogP contribution in [0.15, 0.2) is 182 Å². The van der Waals surface area contributed by atoms with Gasteiger partial charge in [-0.25, -0.2) is 4.98 Å². The minimum Gasteiger partial charge on any atom is -0.509 e. The van der Waals surface area contributed by atoms with Gasteiger partial charge in [-0.05, 0) is 115 Å². The van der Waals surface area contributed by atoms with E-state index in [2.05, 4.69) is 194 Å². The summed E-state index contributed by atoms with van der Waals surface area (Å²) in [6, 6.07) is 56.6. The van der Waals surface area contributed by atoms with Gasteiger partial charge in [0, 0.05) is 66.9 Å². The number of ether oxygens (including phenoxy) is 1. The Balaban J connectivity index is 0.00000688. The molecule has 5 nitrogen and oxygen atoms in total. The molecule has 0 spiro atoms. The normalized spacial score (nSPS) is 13.8. The maximum Gasteiger partial charge on any atom is 0.135 e. The van der Waals surface area contributed by atoms with Crippen LogP contribution in [-0.2, 0) is 37.3 Å². The van der Waals surface area contributed by atoms with Crippen molar-refractivity contribution < 1.29 is 32.7 Å². The van der Waals surface area contributed by atoms with Gasteiger partial charge in [-0.3, -0.25) is 0 Å². The zero-order valence-corrected chi connectivity index (χ0v) is 45.3. The van der Waals surface area contributed by atoms with Crippen molar-refractivity contribution in [3.8, 4) is 50.7 Å². The van der Waals surface area contributed by atoms with E-state index in [0.29, 0.717) is 28.4 Å². The topological polar surface area (TPSA) is 33.5 Å². The van der Waals surface area contributed by atoms with Crippen molar-refractivity contribution in [1.82, 2.24) is 9.55 Å². The number of fused-ring (bicyclic) bond motifs is 4. The molecule has 10 aromatic rings. The number of aryl methyl sites for hydroxylation is 1. The number of hydrogen-bond donors (Lipinski definition) is 0. The molecule has 0 bridgehead atoms. The average Bonchev–Trinajstić information content (AvgIpc) is 4.10. The van der Waals surface area contributed by atoms with Crippen LogP contribution in [0.5, 0.6) is 11.5 Å². The van der Waals surface area contributed by atoms with Crippen LogP contribution >= 0.6 is 0 Å². The van der Waals surface area contributed by atoms with Gasteiger partial charge in [0.05, 0.1) is 6.85 Å². The predicted molar refractivity (Wildman–Crippen MR) is 301 cm³/mol. The van der Waals surface area contributed by atoms with E-state index >= 15 is 0 Å². The Morgan fingerprint density at radius 1 is 0.534 bits per heavy atom. The van der Waals surface area contributed by atoms with Gasteiger partial charge in [0.15, 0.2) is 0 Å². The van der Waals surface area contributed by atoms with Crippen LogP contribution in [0, 0.1) is 25.7 Å². The fourth-order valence-electron chi connectivity index (χ4n) is 9.62. The van der Waals surface area contributed by atoms with Crippen LogP contribution in [0.4, 0.5) is 22.7 Å². The molecule has 11 rings (SSSR count).